The number of pyridine rings is 1. The lowest BCUT2D eigenvalue weighted by Crippen LogP contribution is -2.10. The van der Waals surface area contributed by atoms with Crippen LogP contribution in [0.2, 0.25) is 0 Å². The third-order valence-corrected chi connectivity index (χ3v) is 4.21. The minimum absolute atomic E-state index is 0.231. The number of rotatable bonds is 5. The largest absolute Gasteiger partial charge is 0.493 e. The van der Waals surface area contributed by atoms with E-state index in [2.05, 4.69) is 10.3 Å². The molecule has 2 heterocycles. The maximum absolute atomic E-state index is 13.2. The van der Waals surface area contributed by atoms with Gasteiger partial charge in [-0.1, -0.05) is 0 Å². The molecular weight excluding hydrogens is 359 g/mol. The molecule has 140 valence electrons. The monoisotopic (exact) mass is 376 g/mol. The van der Waals surface area contributed by atoms with E-state index in [-0.39, 0.29) is 17.5 Å². The van der Waals surface area contributed by atoms with Crippen LogP contribution in [0.25, 0.3) is 22.2 Å². The Balaban J connectivity index is 1.73. The molecule has 0 radical (unpaired) electrons. The minimum Gasteiger partial charge on any atom is -0.493 e. The number of fused-ring (bicyclic) bond motifs is 1. The summed E-state index contributed by atoms with van der Waals surface area (Å²) in [6.45, 7) is 2.37. The molecule has 0 fully saturated rings. The predicted octanol–water partition coefficient (Wildman–Crippen LogP) is 5.28. The molecule has 0 aliphatic carbocycles. The van der Waals surface area contributed by atoms with E-state index in [9.17, 15) is 9.18 Å². The van der Waals surface area contributed by atoms with Crippen molar-refractivity contribution >= 4 is 22.5 Å². The fourth-order valence-electron chi connectivity index (χ4n) is 2.92. The Hall–Kier alpha value is -3.67. The SMILES string of the molecule is CCOc1cc(-c2ccc(F)cc2)nc2ccc(NC(=O)c3ccco3)cc12. The summed E-state index contributed by atoms with van der Waals surface area (Å²) < 4.78 is 24.1. The number of nitrogens with zero attached hydrogens (tertiary/aromatic N) is 1. The zero-order chi connectivity index (χ0) is 19.5. The van der Waals surface area contributed by atoms with Crippen LogP contribution in [-0.4, -0.2) is 17.5 Å². The second-order valence-corrected chi connectivity index (χ2v) is 6.11. The first-order valence-corrected chi connectivity index (χ1v) is 8.82. The second kappa shape index (κ2) is 7.52. The number of anilines is 1. The van der Waals surface area contributed by atoms with Crippen LogP contribution in [0.4, 0.5) is 10.1 Å². The van der Waals surface area contributed by atoms with Crippen LogP contribution in [0.5, 0.6) is 5.75 Å². The normalized spacial score (nSPS) is 10.8. The van der Waals surface area contributed by atoms with Crippen molar-refractivity contribution in [3.63, 3.8) is 0 Å². The number of carbonyl (C=O) groups is 1. The first-order valence-electron chi connectivity index (χ1n) is 8.82. The number of aromatic nitrogens is 1. The van der Waals surface area contributed by atoms with Gasteiger partial charge >= 0.3 is 0 Å². The highest BCUT2D eigenvalue weighted by molar-refractivity contribution is 6.03. The lowest BCUT2D eigenvalue weighted by molar-refractivity contribution is 0.0996. The maximum Gasteiger partial charge on any atom is 0.291 e. The van der Waals surface area contributed by atoms with Gasteiger partial charge in [-0.15, -0.1) is 0 Å². The molecular formula is C22H17FN2O3. The molecule has 28 heavy (non-hydrogen) atoms. The van der Waals surface area contributed by atoms with Crippen molar-refractivity contribution in [3.8, 4) is 17.0 Å². The summed E-state index contributed by atoms with van der Waals surface area (Å²) in [6, 6.07) is 16.6. The van der Waals surface area contributed by atoms with Gasteiger partial charge in [0.25, 0.3) is 5.91 Å². The van der Waals surface area contributed by atoms with Gasteiger partial charge < -0.3 is 14.5 Å². The summed E-state index contributed by atoms with van der Waals surface area (Å²) in [7, 11) is 0. The molecule has 1 N–H and O–H groups in total. The lowest BCUT2D eigenvalue weighted by Gasteiger charge is -2.12. The lowest BCUT2D eigenvalue weighted by atomic mass is 10.1. The summed E-state index contributed by atoms with van der Waals surface area (Å²) >= 11 is 0. The predicted molar refractivity (Wildman–Crippen MR) is 105 cm³/mol. The smallest absolute Gasteiger partial charge is 0.291 e. The van der Waals surface area contributed by atoms with Crippen LogP contribution in [0, 0.1) is 5.82 Å². The maximum atomic E-state index is 13.2. The number of amides is 1. The van der Waals surface area contributed by atoms with E-state index in [0.717, 1.165) is 10.9 Å². The fraction of sp³-hybridized carbons (Fsp3) is 0.0909. The molecule has 0 aliphatic rings. The third-order valence-electron chi connectivity index (χ3n) is 4.21. The first-order chi connectivity index (χ1) is 13.6. The van der Waals surface area contributed by atoms with Crippen molar-refractivity contribution in [3.05, 3.63) is 78.5 Å². The number of carbonyl (C=O) groups excluding carboxylic acids is 1. The van der Waals surface area contributed by atoms with Crippen LogP contribution in [0.3, 0.4) is 0 Å². The Labute approximate surface area is 160 Å². The molecule has 0 spiro atoms. The Bertz CT molecular complexity index is 1120. The molecule has 2 aromatic heterocycles. The Morgan fingerprint density at radius 1 is 1.14 bits per heavy atom. The topological polar surface area (TPSA) is 64.4 Å². The zero-order valence-electron chi connectivity index (χ0n) is 15.1. The second-order valence-electron chi connectivity index (χ2n) is 6.11. The number of ether oxygens (including phenoxy) is 1. The number of hydrogen-bond donors (Lipinski definition) is 1. The van der Waals surface area contributed by atoms with Crippen molar-refractivity contribution in [2.24, 2.45) is 0 Å². The number of halogens is 1. The molecule has 0 atom stereocenters. The fourth-order valence-corrected chi connectivity index (χ4v) is 2.92. The molecule has 4 aromatic rings. The molecule has 0 saturated heterocycles. The first kappa shape index (κ1) is 17.7. The summed E-state index contributed by atoms with van der Waals surface area (Å²) in [5, 5.41) is 3.57. The molecule has 0 saturated carbocycles. The summed E-state index contributed by atoms with van der Waals surface area (Å²) in [5.41, 5.74) is 2.79. The highest BCUT2D eigenvalue weighted by Crippen LogP contribution is 2.32. The molecule has 0 bridgehead atoms. The standard InChI is InChI=1S/C22H17FN2O3/c1-2-27-21-13-19(14-5-7-15(23)8-6-14)25-18-10-9-16(12-17(18)21)24-22(26)20-4-3-11-28-20/h3-13H,2H2,1H3,(H,24,26). The van der Waals surface area contributed by atoms with E-state index in [1.165, 1.54) is 18.4 Å². The molecule has 0 unspecified atom stereocenters. The number of nitrogens with one attached hydrogen (secondary N) is 1. The minimum atomic E-state index is -0.335. The molecule has 4 rings (SSSR count). The van der Waals surface area contributed by atoms with Gasteiger partial charge in [0.1, 0.15) is 11.6 Å². The van der Waals surface area contributed by atoms with Crippen LogP contribution in [0.15, 0.2) is 71.3 Å². The van der Waals surface area contributed by atoms with Crippen molar-refractivity contribution in [1.82, 2.24) is 4.98 Å². The quantitative estimate of drug-likeness (QED) is 0.514. The van der Waals surface area contributed by atoms with Crippen molar-refractivity contribution < 1.29 is 18.3 Å². The van der Waals surface area contributed by atoms with Gasteiger partial charge in [-0.05, 0) is 61.5 Å². The van der Waals surface area contributed by atoms with Gasteiger partial charge in [-0.2, -0.15) is 0 Å². The zero-order valence-corrected chi connectivity index (χ0v) is 15.1. The highest BCUT2D eigenvalue weighted by Gasteiger charge is 2.12. The van der Waals surface area contributed by atoms with Gasteiger partial charge in [0.15, 0.2) is 5.76 Å². The molecule has 1 amide bonds. The van der Waals surface area contributed by atoms with E-state index in [1.54, 1.807) is 30.3 Å². The van der Waals surface area contributed by atoms with E-state index in [4.69, 9.17) is 9.15 Å². The summed E-state index contributed by atoms with van der Waals surface area (Å²) in [4.78, 5) is 16.9. The average molecular weight is 376 g/mol. The van der Waals surface area contributed by atoms with Gasteiger partial charge in [0.05, 0.1) is 24.1 Å². The van der Waals surface area contributed by atoms with E-state index < -0.39 is 0 Å². The summed E-state index contributed by atoms with van der Waals surface area (Å²) in [5.74, 6) is 0.237. The molecule has 2 aromatic carbocycles. The number of furan rings is 1. The van der Waals surface area contributed by atoms with E-state index >= 15 is 0 Å². The Morgan fingerprint density at radius 3 is 2.68 bits per heavy atom. The van der Waals surface area contributed by atoms with Gasteiger partial charge in [0, 0.05) is 22.7 Å². The van der Waals surface area contributed by atoms with E-state index in [1.807, 2.05) is 25.1 Å². The molecule has 6 heteroatoms. The van der Waals surface area contributed by atoms with Crippen LogP contribution in [-0.2, 0) is 0 Å². The number of hydrogen-bond acceptors (Lipinski definition) is 4. The molecule has 0 aliphatic heterocycles. The third kappa shape index (κ3) is 3.57. The van der Waals surface area contributed by atoms with E-state index in [0.29, 0.717) is 29.3 Å². The summed E-state index contributed by atoms with van der Waals surface area (Å²) in [6.07, 6.45) is 1.45. The van der Waals surface area contributed by atoms with Crippen LogP contribution >= 0.6 is 0 Å². The van der Waals surface area contributed by atoms with Crippen LogP contribution < -0.4 is 10.1 Å². The number of benzene rings is 2. The van der Waals surface area contributed by atoms with Crippen molar-refractivity contribution in [2.45, 2.75) is 6.92 Å². The van der Waals surface area contributed by atoms with Gasteiger partial charge in [-0.3, -0.25) is 4.79 Å². The highest BCUT2D eigenvalue weighted by atomic mass is 19.1. The van der Waals surface area contributed by atoms with Crippen LogP contribution in [0.1, 0.15) is 17.5 Å². The van der Waals surface area contributed by atoms with Crippen molar-refractivity contribution in [1.29, 1.82) is 0 Å². The Morgan fingerprint density at radius 2 is 1.96 bits per heavy atom. The average Bonchev–Trinajstić information content (AvgIpc) is 3.24. The Kier molecular flexibility index (Phi) is 4.76. The van der Waals surface area contributed by atoms with Gasteiger partial charge in [0.2, 0.25) is 0 Å². The van der Waals surface area contributed by atoms with Gasteiger partial charge in [-0.25, -0.2) is 9.37 Å². The van der Waals surface area contributed by atoms with Crippen molar-refractivity contribution in [2.75, 3.05) is 11.9 Å². The molecule has 5 nitrogen and oxygen atoms in total.